The summed E-state index contributed by atoms with van der Waals surface area (Å²) in [5.41, 5.74) is 7.78. The van der Waals surface area contributed by atoms with E-state index < -0.39 is 0 Å². The van der Waals surface area contributed by atoms with Crippen LogP contribution in [0.2, 0.25) is 0 Å². The number of halogens is 1. The van der Waals surface area contributed by atoms with E-state index in [9.17, 15) is 4.39 Å². The quantitative estimate of drug-likeness (QED) is 0.927. The molecule has 4 heteroatoms. The monoisotopic (exact) mass is 273 g/mol. The Balaban J connectivity index is 1.85. The van der Waals surface area contributed by atoms with Crippen molar-refractivity contribution in [2.75, 3.05) is 0 Å². The summed E-state index contributed by atoms with van der Waals surface area (Å²) in [6.07, 6.45) is 9.93. The molecule has 1 fully saturated rings. The number of nitrogens with zero attached hydrogens (tertiary/aromatic N) is 2. The standard InChI is InChI=1S/C16H20FN3/c17-16-8-12(9-18)6-7-15(16)13-10-19-20(11-13)14-4-2-1-3-5-14/h6-8,10-11,14H,1-5,9,18H2. The van der Waals surface area contributed by atoms with Gasteiger partial charge in [-0.05, 0) is 24.5 Å². The van der Waals surface area contributed by atoms with Gasteiger partial charge in [0.1, 0.15) is 5.82 Å². The zero-order valence-electron chi connectivity index (χ0n) is 11.6. The Labute approximate surface area is 118 Å². The van der Waals surface area contributed by atoms with Gasteiger partial charge in [-0.3, -0.25) is 4.68 Å². The van der Waals surface area contributed by atoms with Crippen molar-refractivity contribution in [2.45, 2.75) is 44.7 Å². The molecule has 1 aliphatic carbocycles. The van der Waals surface area contributed by atoms with Crippen LogP contribution in [0.15, 0.2) is 30.6 Å². The summed E-state index contributed by atoms with van der Waals surface area (Å²) in [5, 5.41) is 4.43. The maximum Gasteiger partial charge on any atom is 0.131 e. The second kappa shape index (κ2) is 5.75. The number of nitrogens with two attached hydrogens (primary N) is 1. The van der Waals surface area contributed by atoms with Gasteiger partial charge in [0.05, 0.1) is 12.2 Å². The van der Waals surface area contributed by atoms with E-state index in [4.69, 9.17) is 5.73 Å². The highest BCUT2D eigenvalue weighted by atomic mass is 19.1. The van der Waals surface area contributed by atoms with Crippen molar-refractivity contribution in [1.29, 1.82) is 0 Å². The molecular formula is C16H20FN3. The fourth-order valence-electron chi connectivity index (χ4n) is 2.94. The van der Waals surface area contributed by atoms with Crippen molar-refractivity contribution >= 4 is 0 Å². The molecule has 1 aromatic heterocycles. The van der Waals surface area contributed by atoms with E-state index in [2.05, 4.69) is 5.10 Å². The Morgan fingerprint density at radius 3 is 2.75 bits per heavy atom. The van der Waals surface area contributed by atoms with Crippen LogP contribution in [0, 0.1) is 5.82 Å². The van der Waals surface area contributed by atoms with Crippen LogP contribution in [0.25, 0.3) is 11.1 Å². The number of rotatable bonds is 3. The third-order valence-electron chi connectivity index (χ3n) is 4.13. The Kier molecular flexibility index (Phi) is 3.83. The minimum absolute atomic E-state index is 0.226. The molecule has 20 heavy (non-hydrogen) atoms. The van der Waals surface area contributed by atoms with E-state index >= 15 is 0 Å². The van der Waals surface area contributed by atoms with Crippen molar-refractivity contribution < 1.29 is 4.39 Å². The van der Waals surface area contributed by atoms with Crippen molar-refractivity contribution in [3.8, 4) is 11.1 Å². The van der Waals surface area contributed by atoms with Crippen LogP contribution in [0.1, 0.15) is 43.7 Å². The van der Waals surface area contributed by atoms with E-state index in [0.717, 1.165) is 11.1 Å². The van der Waals surface area contributed by atoms with Crippen molar-refractivity contribution in [1.82, 2.24) is 9.78 Å². The predicted octanol–water partition coefficient (Wildman–Crippen LogP) is 3.65. The molecule has 1 heterocycles. The largest absolute Gasteiger partial charge is 0.326 e. The van der Waals surface area contributed by atoms with Gasteiger partial charge in [-0.2, -0.15) is 5.10 Å². The summed E-state index contributed by atoms with van der Waals surface area (Å²) in [4.78, 5) is 0. The molecule has 2 aromatic rings. The van der Waals surface area contributed by atoms with Crippen LogP contribution >= 0.6 is 0 Å². The summed E-state index contributed by atoms with van der Waals surface area (Å²) in [7, 11) is 0. The molecule has 1 aliphatic rings. The Morgan fingerprint density at radius 1 is 1.25 bits per heavy atom. The molecule has 0 atom stereocenters. The molecular weight excluding hydrogens is 253 g/mol. The number of hydrogen-bond donors (Lipinski definition) is 1. The molecule has 0 amide bonds. The molecule has 0 unspecified atom stereocenters. The molecule has 106 valence electrons. The van der Waals surface area contributed by atoms with E-state index in [1.165, 1.54) is 38.2 Å². The number of hydrogen-bond acceptors (Lipinski definition) is 2. The van der Waals surface area contributed by atoms with Gasteiger partial charge in [-0.25, -0.2) is 4.39 Å². The van der Waals surface area contributed by atoms with E-state index in [1.54, 1.807) is 12.3 Å². The highest BCUT2D eigenvalue weighted by Crippen LogP contribution is 2.30. The Morgan fingerprint density at radius 2 is 2.05 bits per heavy atom. The van der Waals surface area contributed by atoms with Gasteiger partial charge < -0.3 is 5.73 Å². The fraction of sp³-hybridized carbons (Fsp3) is 0.438. The minimum atomic E-state index is -0.226. The average molecular weight is 273 g/mol. The highest BCUT2D eigenvalue weighted by molar-refractivity contribution is 5.62. The van der Waals surface area contributed by atoms with Gasteiger partial charge in [-0.15, -0.1) is 0 Å². The summed E-state index contributed by atoms with van der Waals surface area (Å²) in [6.45, 7) is 0.360. The molecule has 1 aromatic carbocycles. The van der Waals surface area contributed by atoms with Gasteiger partial charge in [-0.1, -0.05) is 31.4 Å². The maximum atomic E-state index is 14.1. The van der Waals surface area contributed by atoms with Crippen LogP contribution in [0.4, 0.5) is 4.39 Å². The van der Waals surface area contributed by atoms with Crippen molar-refractivity contribution in [3.63, 3.8) is 0 Å². The lowest BCUT2D eigenvalue weighted by atomic mass is 9.96. The number of benzene rings is 1. The molecule has 0 aliphatic heterocycles. The summed E-state index contributed by atoms with van der Waals surface area (Å²) < 4.78 is 16.1. The average Bonchev–Trinajstić information content (AvgIpc) is 2.97. The van der Waals surface area contributed by atoms with Crippen LogP contribution < -0.4 is 5.73 Å². The summed E-state index contributed by atoms with van der Waals surface area (Å²) >= 11 is 0. The topological polar surface area (TPSA) is 43.8 Å². The molecule has 0 bridgehead atoms. The third-order valence-corrected chi connectivity index (χ3v) is 4.13. The van der Waals surface area contributed by atoms with E-state index in [1.807, 2.05) is 16.9 Å². The third kappa shape index (κ3) is 2.61. The SMILES string of the molecule is NCc1ccc(-c2cnn(C3CCCCC3)c2)c(F)c1. The highest BCUT2D eigenvalue weighted by Gasteiger charge is 2.17. The second-order valence-electron chi connectivity index (χ2n) is 5.52. The van der Waals surface area contributed by atoms with E-state index in [0.29, 0.717) is 18.2 Å². The zero-order chi connectivity index (χ0) is 13.9. The first-order valence-corrected chi connectivity index (χ1v) is 7.31. The predicted molar refractivity (Wildman–Crippen MR) is 77.6 cm³/mol. The Hall–Kier alpha value is -1.68. The first-order chi connectivity index (χ1) is 9.78. The lowest BCUT2D eigenvalue weighted by molar-refractivity contribution is 0.329. The molecule has 0 spiro atoms. The van der Waals surface area contributed by atoms with Crippen LogP contribution in [-0.2, 0) is 6.54 Å². The Bertz CT molecular complexity index is 585. The fourth-order valence-corrected chi connectivity index (χ4v) is 2.94. The normalized spacial score (nSPS) is 16.5. The van der Waals surface area contributed by atoms with Crippen molar-refractivity contribution in [3.05, 3.63) is 42.0 Å². The van der Waals surface area contributed by atoms with Crippen molar-refractivity contribution in [2.24, 2.45) is 5.73 Å². The van der Waals surface area contributed by atoms with E-state index in [-0.39, 0.29) is 5.82 Å². The molecule has 2 N–H and O–H groups in total. The van der Waals surface area contributed by atoms with Crippen LogP contribution in [0.5, 0.6) is 0 Å². The molecule has 0 radical (unpaired) electrons. The van der Waals surface area contributed by atoms with Gasteiger partial charge >= 0.3 is 0 Å². The van der Waals surface area contributed by atoms with Crippen LogP contribution in [-0.4, -0.2) is 9.78 Å². The summed E-state index contributed by atoms with van der Waals surface area (Å²) in [5.74, 6) is -0.226. The van der Waals surface area contributed by atoms with Crippen LogP contribution in [0.3, 0.4) is 0 Å². The zero-order valence-corrected chi connectivity index (χ0v) is 11.6. The molecule has 0 saturated heterocycles. The van der Waals surface area contributed by atoms with Gasteiger partial charge in [0.2, 0.25) is 0 Å². The lowest BCUT2D eigenvalue weighted by Crippen LogP contribution is -2.12. The lowest BCUT2D eigenvalue weighted by Gasteiger charge is -2.21. The minimum Gasteiger partial charge on any atom is -0.326 e. The smallest absolute Gasteiger partial charge is 0.131 e. The first kappa shape index (κ1) is 13.3. The maximum absolute atomic E-state index is 14.1. The van der Waals surface area contributed by atoms with Gasteiger partial charge in [0, 0.05) is 23.9 Å². The second-order valence-corrected chi connectivity index (χ2v) is 5.52. The molecule has 1 saturated carbocycles. The van der Waals surface area contributed by atoms with Gasteiger partial charge in [0.15, 0.2) is 0 Å². The molecule has 3 nitrogen and oxygen atoms in total. The van der Waals surface area contributed by atoms with Gasteiger partial charge in [0.25, 0.3) is 0 Å². The molecule has 3 rings (SSSR count). The number of aromatic nitrogens is 2. The summed E-state index contributed by atoms with van der Waals surface area (Å²) in [6, 6.07) is 5.65. The first-order valence-electron chi connectivity index (χ1n) is 7.31.